The number of amides is 2. The van der Waals surface area contributed by atoms with Gasteiger partial charge in [0, 0.05) is 17.3 Å². The van der Waals surface area contributed by atoms with Gasteiger partial charge in [0.25, 0.3) is 0 Å². The van der Waals surface area contributed by atoms with Crippen LogP contribution in [0.15, 0.2) is 48.5 Å². The number of rotatable bonds is 3. The number of ether oxygens (including phenoxy) is 1. The summed E-state index contributed by atoms with van der Waals surface area (Å²) in [6.45, 7) is 2.38. The Kier molecular flexibility index (Phi) is 5.24. The maximum Gasteiger partial charge on any atom is 0.415 e. The van der Waals surface area contributed by atoms with Crippen LogP contribution in [0.25, 0.3) is 0 Å². The Morgan fingerprint density at radius 3 is 2.68 bits per heavy atom. The van der Waals surface area contributed by atoms with Gasteiger partial charge in [0.2, 0.25) is 5.91 Å². The van der Waals surface area contributed by atoms with Crippen molar-refractivity contribution in [2.75, 3.05) is 11.9 Å². The van der Waals surface area contributed by atoms with Crippen LogP contribution in [0.4, 0.5) is 10.5 Å². The molecule has 0 aromatic heterocycles. The van der Waals surface area contributed by atoms with E-state index in [1.807, 2.05) is 13.0 Å². The van der Waals surface area contributed by atoms with Crippen LogP contribution < -0.4 is 10.1 Å². The molecule has 6 heteroatoms. The van der Waals surface area contributed by atoms with Crippen LogP contribution in [0.1, 0.15) is 18.4 Å². The van der Waals surface area contributed by atoms with E-state index in [0.29, 0.717) is 29.4 Å². The third-order valence-electron chi connectivity index (χ3n) is 4.18. The largest absolute Gasteiger partial charge is 0.415 e. The van der Waals surface area contributed by atoms with Gasteiger partial charge in [-0.15, -0.1) is 0 Å². The molecule has 130 valence electrons. The topological polar surface area (TPSA) is 58.6 Å². The van der Waals surface area contributed by atoms with Gasteiger partial charge in [0.1, 0.15) is 11.8 Å². The molecule has 2 aromatic carbocycles. The highest BCUT2D eigenvalue weighted by molar-refractivity contribution is 6.30. The number of aryl methyl sites for hydroxylation is 1. The number of anilines is 1. The predicted octanol–water partition coefficient (Wildman–Crippen LogP) is 4.25. The lowest BCUT2D eigenvalue weighted by atomic mass is 10.1. The molecule has 1 fully saturated rings. The van der Waals surface area contributed by atoms with E-state index in [9.17, 15) is 9.59 Å². The molecule has 5 nitrogen and oxygen atoms in total. The molecule has 2 aromatic rings. The molecule has 3 rings (SSSR count). The number of hydrogen-bond acceptors (Lipinski definition) is 3. The van der Waals surface area contributed by atoms with E-state index in [1.165, 1.54) is 4.90 Å². The summed E-state index contributed by atoms with van der Waals surface area (Å²) in [5.74, 6) is 0.250. The monoisotopic (exact) mass is 358 g/mol. The minimum atomic E-state index is -0.536. The van der Waals surface area contributed by atoms with Gasteiger partial charge in [-0.1, -0.05) is 29.8 Å². The molecule has 1 aliphatic heterocycles. The zero-order chi connectivity index (χ0) is 17.8. The number of nitrogens with one attached hydrogen (secondary N) is 1. The maximum absolute atomic E-state index is 12.6. The number of hydrogen-bond donors (Lipinski definition) is 1. The van der Waals surface area contributed by atoms with Gasteiger partial charge in [-0.2, -0.15) is 0 Å². The summed E-state index contributed by atoms with van der Waals surface area (Å²) in [4.78, 5) is 26.5. The van der Waals surface area contributed by atoms with Crippen LogP contribution in [0.3, 0.4) is 0 Å². The Hall–Kier alpha value is -2.53. The number of carbonyl (C=O) groups excluding carboxylic acids is 2. The van der Waals surface area contributed by atoms with E-state index in [1.54, 1.807) is 42.5 Å². The first kappa shape index (κ1) is 17.3. The molecule has 1 aliphatic rings. The minimum Gasteiger partial charge on any atom is -0.410 e. The van der Waals surface area contributed by atoms with Crippen molar-refractivity contribution in [1.82, 2.24) is 4.90 Å². The first-order chi connectivity index (χ1) is 12.0. The highest BCUT2D eigenvalue weighted by Crippen LogP contribution is 2.24. The molecular weight excluding hydrogens is 340 g/mol. The number of nitrogens with zero attached hydrogens (tertiary/aromatic N) is 1. The Balaban J connectivity index is 1.68. The molecule has 0 bridgehead atoms. The fraction of sp³-hybridized carbons (Fsp3) is 0.263. The number of benzene rings is 2. The average Bonchev–Trinajstić information content (AvgIpc) is 3.08. The van der Waals surface area contributed by atoms with Crippen molar-refractivity contribution < 1.29 is 14.3 Å². The molecule has 25 heavy (non-hydrogen) atoms. The smallest absolute Gasteiger partial charge is 0.410 e. The fourth-order valence-electron chi connectivity index (χ4n) is 2.89. The predicted molar refractivity (Wildman–Crippen MR) is 97.0 cm³/mol. The molecule has 1 atom stereocenters. The normalized spacial score (nSPS) is 16.6. The van der Waals surface area contributed by atoms with Gasteiger partial charge in [0.15, 0.2) is 0 Å². The first-order valence-corrected chi connectivity index (χ1v) is 8.53. The summed E-state index contributed by atoms with van der Waals surface area (Å²) < 4.78 is 5.36. The van der Waals surface area contributed by atoms with Gasteiger partial charge < -0.3 is 10.1 Å². The zero-order valence-corrected chi connectivity index (χ0v) is 14.6. The van der Waals surface area contributed by atoms with E-state index in [0.717, 1.165) is 12.0 Å². The Bertz CT molecular complexity index is 779. The highest BCUT2D eigenvalue weighted by atomic mass is 35.5. The van der Waals surface area contributed by atoms with E-state index >= 15 is 0 Å². The quantitative estimate of drug-likeness (QED) is 0.892. The van der Waals surface area contributed by atoms with Crippen LogP contribution in [-0.4, -0.2) is 29.5 Å². The molecule has 2 amide bonds. The molecule has 1 N–H and O–H groups in total. The lowest BCUT2D eigenvalue weighted by Gasteiger charge is -2.23. The Morgan fingerprint density at radius 2 is 1.96 bits per heavy atom. The molecule has 0 saturated carbocycles. The molecule has 0 radical (unpaired) electrons. The summed E-state index contributed by atoms with van der Waals surface area (Å²) in [5.41, 5.74) is 1.56. The summed E-state index contributed by atoms with van der Waals surface area (Å²) in [5, 5.41) is 3.50. The first-order valence-electron chi connectivity index (χ1n) is 8.15. The zero-order valence-electron chi connectivity index (χ0n) is 13.9. The second kappa shape index (κ2) is 7.57. The van der Waals surface area contributed by atoms with Crippen LogP contribution in [-0.2, 0) is 4.79 Å². The number of likely N-dealkylation sites (tertiary alicyclic amines) is 1. The molecule has 1 unspecified atom stereocenters. The van der Waals surface area contributed by atoms with E-state index in [-0.39, 0.29) is 5.91 Å². The summed E-state index contributed by atoms with van der Waals surface area (Å²) in [6.07, 6.45) is 0.876. The van der Waals surface area contributed by atoms with Crippen molar-refractivity contribution >= 4 is 29.3 Å². The van der Waals surface area contributed by atoms with Crippen LogP contribution in [0, 0.1) is 6.92 Å². The lowest BCUT2D eigenvalue weighted by molar-refractivity contribution is -0.119. The fourth-order valence-corrected chi connectivity index (χ4v) is 3.12. The molecular formula is C19H19ClN2O3. The lowest BCUT2D eigenvalue weighted by Crippen LogP contribution is -2.44. The average molecular weight is 359 g/mol. The van der Waals surface area contributed by atoms with Crippen molar-refractivity contribution in [2.24, 2.45) is 0 Å². The summed E-state index contributed by atoms with van der Waals surface area (Å²) in [6, 6.07) is 13.6. The van der Waals surface area contributed by atoms with Crippen molar-refractivity contribution in [3.05, 3.63) is 59.1 Å². The van der Waals surface area contributed by atoms with Crippen molar-refractivity contribution in [2.45, 2.75) is 25.8 Å². The standard InChI is InChI=1S/C19H19ClN2O3/c1-13-12-14(20)9-10-16(13)21-18(23)17-8-5-11-22(17)19(24)25-15-6-3-2-4-7-15/h2-4,6-7,9-10,12,17H,5,8,11H2,1H3,(H,21,23). The van der Waals surface area contributed by atoms with Crippen LogP contribution in [0.5, 0.6) is 5.75 Å². The van der Waals surface area contributed by atoms with E-state index in [2.05, 4.69) is 5.32 Å². The van der Waals surface area contributed by atoms with E-state index in [4.69, 9.17) is 16.3 Å². The van der Waals surface area contributed by atoms with Gasteiger partial charge in [0.05, 0.1) is 0 Å². The number of para-hydroxylation sites is 1. The van der Waals surface area contributed by atoms with Gasteiger partial charge >= 0.3 is 6.09 Å². The third-order valence-corrected chi connectivity index (χ3v) is 4.42. The van der Waals surface area contributed by atoms with Crippen LogP contribution >= 0.6 is 11.6 Å². The summed E-state index contributed by atoms with van der Waals surface area (Å²) in [7, 11) is 0. The molecule has 1 heterocycles. The van der Waals surface area contributed by atoms with Gasteiger partial charge in [-0.25, -0.2) is 4.79 Å². The van der Waals surface area contributed by atoms with Gasteiger partial charge in [-0.05, 0) is 55.7 Å². The molecule has 0 spiro atoms. The van der Waals surface area contributed by atoms with Gasteiger partial charge in [-0.3, -0.25) is 9.69 Å². The Morgan fingerprint density at radius 1 is 1.20 bits per heavy atom. The Labute approximate surface area is 151 Å². The number of carbonyl (C=O) groups is 2. The van der Waals surface area contributed by atoms with Crippen molar-refractivity contribution in [3.8, 4) is 5.75 Å². The molecule has 1 saturated heterocycles. The maximum atomic E-state index is 12.6. The second-order valence-electron chi connectivity index (χ2n) is 5.98. The van der Waals surface area contributed by atoms with Crippen molar-refractivity contribution in [3.63, 3.8) is 0 Å². The SMILES string of the molecule is Cc1cc(Cl)ccc1NC(=O)C1CCCN1C(=O)Oc1ccccc1. The van der Waals surface area contributed by atoms with Crippen molar-refractivity contribution in [1.29, 1.82) is 0 Å². The number of halogens is 1. The second-order valence-corrected chi connectivity index (χ2v) is 6.42. The molecule has 0 aliphatic carbocycles. The minimum absolute atomic E-state index is 0.215. The van der Waals surface area contributed by atoms with Crippen LogP contribution in [0.2, 0.25) is 5.02 Å². The summed E-state index contributed by atoms with van der Waals surface area (Å²) >= 11 is 5.94. The third kappa shape index (κ3) is 4.12. The highest BCUT2D eigenvalue weighted by Gasteiger charge is 2.35. The van der Waals surface area contributed by atoms with E-state index < -0.39 is 12.1 Å².